The van der Waals surface area contributed by atoms with Crippen molar-refractivity contribution in [3.8, 4) is 0 Å². The highest BCUT2D eigenvalue weighted by molar-refractivity contribution is 5.94. The standard InChI is InChI=1S/C11H14N2O/c1-3-6-13-11(14)9-4-5-10(12)8(2)7-9/h3-5,7H,1,6,12H2,2H3,(H,13,14). The van der Waals surface area contributed by atoms with E-state index in [1.54, 1.807) is 24.3 Å². The van der Waals surface area contributed by atoms with Crippen molar-refractivity contribution < 1.29 is 4.79 Å². The van der Waals surface area contributed by atoms with Gasteiger partial charge in [0.15, 0.2) is 0 Å². The van der Waals surface area contributed by atoms with Crippen LogP contribution < -0.4 is 11.1 Å². The van der Waals surface area contributed by atoms with Crippen molar-refractivity contribution in [3.63, 3.8) is 0 Å². The van der Waals surface area contributed by atoms with Crippen molar-refractivity contribution in [1.82, 2.24) is 5.32 Å². The summed E-state index contributed by atoms with van der Waals surface area (Å²) in [6, 6.07) is 5.21. The lowest BCUT2D eigenvalue weighted by Crippen LogP contribution is -2.23. The lowest BCUT2D eigenvalue weighted by atomic mass is 10.1. The highest BCUT2D eigenvalue weighted by Gasteiger charge is 2.04. The van der Waals surface area contributed by atoms with Gasteiger partial charge in [-0.25, -0.2) is 0 Å². The summed E-state index contributed by atoms with van der Waals surface area (Å²) in [7, 11) is 0. The highest BCUT2D eigenvalue weighted by atomic mass is 16.1. The second-order valence-electron chi connectivity index (χ2n) is 3.07. The van der Waals surface area contributed by atoms with Crippen molar-refractivity contribution in [2.24, 2.45) is 0 Å². The van der Waals surface area contributed by atoms with E-state index in [2.05, 4.69) is 11.9 Å². The van der Waals surface area contributed by atoms with Crippen molar-refractivity contribution in [3.05, 3.63) is 42.0 Å². The van der Waals surface area contributed by atoms with Gasteiger partial charge in [0.1, 0.15) is 0 Å². The van der Waals surface area contributed by atoms with Gasteiger partial charge in [-0.2, -0.15) is 0 Å². The van der Waals surface area contributed by atoms with E-state index in [1.165, 1.54) is 0 Å². The van der Waals surface area contributed by atoms with Gasteiger partial charge in [-0.1, -0.05) is 6.08 Å². The molecule has 0 atom stereocenters. The number of benzene rings is 1. The molecular weight excluding hydrogens is 176 g/mol. The number of nitrogens with two attached hydrogens (primary N) is 1. The predicted molar refractivity (Wildman–Crippen MR) is 58.1 cm³/mol. The molecule has 0 heterocycles. The van der Waals surface area contributed by atoms with Crippen LogP contribution in [-0.2, 0) is 0 Å². The third-order valence-corrected chi connectivity index (χ3v) is 1.94. The average molecular weight is 190 g/mol. The van der Waals surface area contributed by atoms with E-state index in [4.69, 9.17) is 5.73 Å². The zero-order chi connectivity index (χ0) is 10.6. The molecule has 0 aromatic heterocycles. The Balaban J connectivity index is 2.80. The molecule has 0 aliphatic rings. The molecule has 1 amide bonds. The number of rotatable bonds is 3. The van der Waals surface area contributed by atoms with Crippen molar-refractivity contribution in [1.29, 1.82) is 0 Å². The molecule has 0 saturated carbocycles. The van der Waals surface area contributed by atoms with E-state index in [0.717, 1.165) is 5.56 Å². The molecule has 3 nitrogen and oxygen atoms in total. The topological polar surface area (TPSA) is 55.1 Å². The van der Waals surface area contributed by atoms with Crippen LogP contribution in [0.3, 0.4) is 0 Å². The van der Waals surface area contributed by atoms with E-state index in [0.29, 0.717) is 17.8 Å². The fourth-order valence-electron chi connectivity index (χ4n) is 1.08. The first-order valence-corrected chi connectivity index (χ1v) is 4.40. The van der Waals surface area contributed by atoms with Crippen molar-refractivity contribution >= 4 is 11.6 Å². The second-order valence-corrected chi connectivity index (χ2v) is 3.07. The van der Waals surface area contributed by atoms with Gasteiger partial charge in [0.2, 0.25) is 0 Å². The Morgan fingerprint density at radius 3 is 2.93 bits per heavy atom. The van der Waals surface area contributed by atoms with Gasteiger partial charge >= 0.3 is 0 Å². The molecule has 0 saturated heterocycles. The predicted octanol–water partition coefficient (Wildman–Crippen LogP) is 1.49. The van der Waals surface area contributed by atoms with Gasteiger partial charge in [0.25, 0.3) is 5.91 Å². The van der Waals surface area contributed by atoms with Crippen molar-refractivity contribution in [2.45, 2.75) is 6.92 Å². The molecule has 74 valence electrons. The molecule has 0 spiro atoms. The fraction of sp³-hybridized carbons (Fsp3) is 0.182. The number of hydrogen-bond donors (Lipinski definition) is 2. The van der Waals surface area contributed by atoms with Crippen LogP contribution in [0.15, 0.2) is 30.9 Å². The van der Waals surface area contributed by atoms with Crippen LogP contribution in [0.25, 0.3) is 0 Å². The average Bonchev–Trinajstić information content (AvgIpc) is 2.18. The van der Waals surface area contributed by atoms with E-state index in [9.17, 15) is 4.79 Å². The maximum atomic E-state index is 11.5. The molecule has 0 aliphatic heterocycles. The van der Waals surface area contributed by atoms with Crippen LogP contribution in [0.1, 0.15) is 15.9 Å². The SMILES string of the molecule is C=CCNC(=O)c1ccc(N)c(C)c1. The van der Waals surface area contributed by atoms with Crippen LogP contribution in [0.5, 0.6) is 0 Å². The summed E-state index contributed by atoms with van der Waals surface area (Å²) < 4.78 is 0. The van der Waals surface area contributed by atoms with Crippen LogP contribution >= 0.6 is 0 Å². The lowest BCUT2D eigenvalue weighted by Gasteiger charge is -2.04. The quantitative estimate of drug-likeness (QED) is 0.560. The van der Waals surface area contributed by atoms with Crippen molar-refractivity contribution in [2.75, 3.05) is 12.3 Å². The van der Waals surface area contributed by atoms with E-state index < -0.39 is 0 Å². The Bertz CT molecular complexity index is 358. The highest BCUT2D eigenvalue weighted by Crippen LogP contribution is 2.12. The number of nitrogens with one attached hydrogen (secondary N) is 1. The molecule has 0 unspecified atom stereocenters. The summed E-state index contributed by atoms with van der Waals surface area (Å²) in [6.45, 7) is 5.87. The third kappa shape index (κ3) is 2.36. The van der Waals surface area contributed by atoms with Crippen LogP contribution in [0, 0.1) is 6.92 Å². The number of carbonyl (C=O) groups excluding carboxylic acids is 1. The second kappa shape index (κ2) is 4.46. The van der Waals surface area contributed by atoms with Gasteiger partial charge in [-0.3, -0.25) is 4.79 Å². The molecular formula is C11H14N2O. The lowest BCUT2D eigenvalue weighted by molar-refractivity contribution is 0.0958. The number of aryl methyl sites for hydroxylation is 1. The number of anilines is 1. The zero-order valence-corrected chi connectivity index (χ0v) is 8.21. The molecule has 0 fully saturated rings. The summed E-state index contributed by atoms with van der Waals surface area (Å²) in [5.74, 6) is -0.104. The first kappa shape index (κ1) is 10.3. The Labute approximate surface area is 83.6 Å². The minimum Gasteiger partial charge on any atom is -0.399 e. The molecule has 1 aromatic rings. The van der Waals surface area contributed by atoms with Gasteiger partial charge in [0, 0.05) is 17.8 Å². The first-order valence-electron chi connectivity index (χ1n) is 4.40. The van der Waals surface area contributed by atoms with Crippen LogP contribution in [-0.4, -0.2) is 12.5 Å². The summed E-state index contributed by atoms with van der Waals surface area (Å²) in [5, 5.41) is 2.70. The summed E-state index contributed by atoms with van der Waals surface area (Å²) in [5.41, 5.74) is 7.88. The maximum absolute atomic E-state index is 11.5. The minimum absolute atomic E-state index is 0.104. The maximum Gasteiger partial charge on any atom is 0.251 e. The van der Waals surface area contributed by atoms with Crippen LogP contribution in [0.2, 0.25) is 0 Å². The Morgan fingerprint density at radius 2 is 2.36 bits per heavy atom. The molecule has 1 aromatic carbocycles. The number of amides is 1. The van der Waals surface area contributed by atoms with Crippen LogP contribution in [0.4, 0.5) is 5.69 Å². The largest absolute Gasteiger partial charge is 0.399 e. The smallest absolute Gasteiger partial charge is 0.251 e. The molecule has 0 radical (unpaired) electrons. The number of carbonyl (C=O) groups is 1. The van der Waals surface area contributed by atoms with Gasteiger partial charge in [-0.05, 0) is 30.7 Å². The molecule has 3 N–H and O–H groups in total. The summed E-state index contributed by atoms with van der Waals surface area (Å²) in [6.07, 6.45) is 1.64. The number of nitrogen functional groups attached to an aromatic ring is 1. The number of hydrogen-bond acceptors (Lipinski definition) is 2. The zero-order valence-electron chi connectivity index (χ0n) is 8.21. The normalized spacial score (nSPS) is 9.50. The minimum atomic E-state index is -0.104. The Hall–Kier alpha value is -1.77. The van der Waals surface area contributed by atoms with E-state index >= 15 is 0 Å². The molecule has 0 aliphatic carbocycles. The van der Waals surface area contributed by atoms with E-state index in [-0.39, 0.29) is 5.91 Å². The molecule has 3 heteroatoms. The van der Waals surface area contributed by atoms with Gasteiger partial charge < -0.3 is 11.1 Å². The van der Waals surface area contributed by atoms with Gasteiger partial charge in [-0.15, -0.1) is 6.58 Å². The van der Waals surface area contributed by atoms with E-state index in [1.807, 2.05) is 6.92 Å². The monoisotopic (exact) mass is 190 g/mol. The molecule has 14 heavy (non-hydrogen) atoms. The molecule has 0 bridgehead atoms. The summed E-state index contributed by atoms with van der Waals surface area (Å²) >= 11 is 0. The third-order valence-electron chi connectivity index (χ3n) is 1.94. The van der Waals surface area contributed by atoms with Gasteiger partial charge in [0.05, 0.1) is 0 Å². The molecule has 1 rings (SSSR count). The Morgan fingerprint density at radius 1 is 1.64 bits per heavy atom. The Kier molecular flexibility index (Phi) is 3.29. The first-order chi connectivity index (χ1) is 6.65. The fourth-order valence-corrected chi connectivity index (χ4v) is 1.08. The summed E-state index contributed by atoms with van der Waals surface area (Å²) in [4.78, 5) is 11.5.